The van der Waals surface area contributed by atoms with Gasteiger partial charge in [-0.1, -0.05) is 6.92 Å². The van der Waals surface area contributed by atoms with Crippen LogP contribution in [0.3, 0.4) is 0 Å². The van der Waals surface area contributed by atoms with Crippen molar-refractivity contribution in [2.24, 2.45) is 5.92 Å². The van der Waals surface area contributed by atoms with Crippen LogP contribution in [0.5, 0.6) is 0 Å². The molecule has 0 amide bonds. The molecule has 0 heterocycles. The minimum Gasteiger partial charge on any atom is -0.465 e. The normalized spacial score (nSPS) is 15.3. The van der Waals surface area contributed by atoms with Gasteiger partial charge in [0.25, 0.3) is 0 Å². The number of unbranched alkanes of at least 4 members (excludes halogenated alkanes) is 2. The van der Waals surface area contributed by atoms with Gasteiger partial charge in [0.2, 0.25) is 0 Å². The minimum atomic E-state index is 0.0270. The van der Waals surface area contributed by atoms with Crippen molar-refractivity contribution >= 4 is 5.97 Å². The van der Waals surface area contributed by atoms with Crippen molar-refractivity contribution in [3.05, 3.63) is 0 Å². The Bertz CT molecular complexity index is 178. The Morgan fingerprint density at radius 1 is 1.27 bits per heavy atom. The SMILES string of the molecule is CCCNCCCCCOC(=O)C1CC1. The first-order valence-corrected chi connectivity index (χ1v) is 6.22. The standard InChI is InChI=1S/C12H23NO2/c1-2-8-13-9-4-3-5-10-15-12(14)11-6-7-11/h11,13H,2-10H2,1H3. The van der Waals surface area contributed by atoms with Crippen LogP contribution in [0.1, 0.15) is 45.4 Å². The average molecular weight is 213 g/mol. The number of esters is 1. The van der Waals surface area contributed by atoms with Crippen molar-refractivity contribution in [2.75, 3.05) is 19.7 Å². The van der Waals surface area contributed by atoms with Crippen molar-refractivity contribution in [1.82, 2.24) is 5.32 Å². The maximum absolute atomic E-state index is 11.1. The number of carbonyl (C=O) groups is 1. The lowest BCUT2D eigenvalue weighted by atomic mass is 10.2. The Labute approximate surface area is 92.6 Å². The van der Waals surface area contributed by atoms with Crippen molar-refractivity contribution in [1.29, 1.82) is 0 Å². The highest BCUT2D eigenvalue weighted by molar-refractivity contribution is 5.74. The first-order chi connectivity index (χ1) is 7.34. The number of hydrogen-bond acceptors (Lipinski definition) is 3. The first-order valence-electron chi connectivity index (χ1n) is 6.22. The van der Waals surface area contributed by atoms with E-state index in [0.717, 1.165) is 38.8 Å². The Hall–Kier alpha value is -0.570. The Balaban J connectivity index is 1.74. The zero-order chi connectivity index (χ0) is 10.9. The van der Waals surface area contributed by atoms with Crippen LogP contribution in [0, 0.1) is 5.92 Å². The maximum Gasteiger partial charge on any atom is 0.308 e. The van der Waals surface area contributed by atoms with Crippen molar-refractivity contribution in [3.8, 4) is 0 Å². The fourth-order valence-corrected chi connectivity index (χ4v) is 1.44. The predicted molar refractivity (Wildman–Crippen MR) is 60.7 cm³/mol. The second kappa shape index (κ2) is 7.69. The molecule has 0 radical (unpaired) electrons. The van der Waals surface area contributed by atoms with E-state index in [2.05, 4.69) is 12.2 Å². The van der Waals surface area contributed by atoms with Crippen LogP contribution >= 0.6 is 0 Å². The molecule has 3 nitrogen and oxygen atoms in total. The molecular weight excluding hydrogens is 190 g/mol. The molecular formula is C12H23NO2. The summed E-state index contributed by atoms with van der Waals surface area (Å²) >= 11 is 0. The summed E-state index contributed by atoms with van der Waals surface area (Å²) in [6.07, 6.45) is 6.61. The highest BCUT2D eigenvalue weighted by Crippen LogP contribution is 2.30. The summed E-state index contributed by atoms with van der Waals surface area (Å²) in [5.41, 5.74) is 0. The summed E-state index contributed by atoms with van der Waals surface area (Å²) in [5, 5.41) is 3.36. The molecule has 0 bridgehead atoms. The van der Waals surface area contributed by atoms with Gasteiger partial charge in [-0.25, -0.2) is 0 Å². The lowest BCUT2D eigenvalue weighted by molar-refractivity contribution is -0.145. The molecule has 0 aromatic carbocycles. The number of carbonyl (C=O) groups excluding carboxylic acids is 1. The van der Waals surface area contributed by atoms with E-state index in [1.807, 2.05) is 0 Å². The van der Waals surface area contributed by atoms with Crippen molar-refractivity contribution in [3.63, 3.8) is 0 Å². The van der Waals surface area contributed by atoms with E-state index >= 15 is 0 Å². The van der Waals surface area contributed by atoms with Crippen LogP contribution in [0.4, 0.5) is 0 Å². The third-order valence-electron chi connectivity index (χ3n) is 2.58. The van der Waals surface area contributed by atoms with Gasteiger partial charge in [0.1, 0.15) is 0 Å². The summed E-state index contributed by atoms with van der Waals surface area (Å²) in [4.78, 5) is 11.1. The Morgan fingerprint density at radius 3 is 2.73 bits per heavy atom. The summed E-state index contributed by atoms with van der Waals surface area (Å²) in [7, 11) is 0. The summed E-state index contributed by atoms with van der Waals surface area (Å²) in [5.74, 6) is 0.273. The Morgan fingerprint density at radius 2 is 2.07 bits per heavy atom. The molecule has 1 aliphatic rings. The molecule has 0 aromatic heterocycles. The molecule has 1 saturated carbocycles. The predicted octanol–water partition coefficient (Wildman–Crippen LogP) is 2.11. The van der Waals surface area contributed by atoms with E-state index in [1.165, 1.54) is 12.8 Å². The van der Waals surface area contributed by atoms with Crippen LogP contribution in [0.25, 0.3) is 0 Å². The van der Waals surface area contributed by atoms with E-state index in [9.17, 15) is 4.79 Å². The molecule has 3 heteroatoms. The molecule has 15 heavy (non-hydrogen) atoms. The van der Waals surface area contributed by atoms with Crippen LogP contribution in [-0.4, -0.2) is 25.7 Å². The maximum atomic E-state index is 11.1. The van der Waals surface area contributed by atoms with Crippen LogP contribution < -0.4 is 5.32 Å². The summed E-state index contributed by atoms with van der Waals surface area (Å²) in [6.45, 7) is 4.98. The Kier molecular flexibility index (Phi) is 6.41. The molecule has 1 aliphatic carbocycles. The molecule has 1 fully saturated rings. The number of rotatable bonds is 9. The van der Waals surface area contributed by atoms with E-state index in [0.29, 0.717) is 6.61 Å². The van der Waals surface area contributed by atoms with E-state index in [4.69, 9.17) is 4.74 Å². The van der Waals surface area contributed by atoms with Gasteiger partial charge in [-0.15, -0.1) is 0 Å². The third-order valence-corrected chi connectivity index (χ3v) is 2.58. The van der Waals surface area contributed by atoms with E-state index < -0.39 is 0 Å². The molecule has 88 valence electrons. The van der Waals surface area contributed by atoms with Gasteiger partial charge in [-0.05, 0) is 51.6 Å². The lowest BCUT2D eigenvalue weighted by Gasteiger charge is -2.04. The zero-order valence-corrected chi connectivity index (χ0v) is 9.76. The molecule has 0 aliphatic heterocycles. The quantitative estimate of drug-likeness (QED) is 0.471. The molecule has 0 unspecified atom stereocenters. The van der Waals surface area contributed by atoms with Crippen LogP contribution in [0.15, 0.2) is 0 Å². The van der Waals surface area contributed by atoms with Crippen molar-refractivity contribution in [2.45, 2.75) is 45.4 Å². The monoisotopic (exact) mass is 213 g/mol. The highest BCUT2D eigenvalue weighted by atomic mass is 16.5. The second-order valence-corrected chi connectivity index (χ2v) is 4.25. The van der Waals surface area contributed by atoms with Gasteiger partial charge in [-0.2, -0.15) is 0 Å². The number of ether oxygens (including phenoxy) is 1. The molecule has 0 atom stereocenters. The van der Waals surface area contributed by atoms with Gasteiger partial charge in [0.15, 0.2) is 0 Å². The van der Waals surface area contributed by atoms with Gasteiger partial charge < -0.3 is 10.1 Å². The zero-order valence-electron chi connectivity index (χ0n) is 9.76. The number of nitrogens with one attached hydrogen (secondary N) is 1. The van der Waals surface area contributed by atoms with Gasteiger partial charge in [0, 0.05) is 0 Å². The lowest BCUT2D eigenvalue weighted by Crippen LogP contribution is -2.16. The minimum absolute atomic E-state index is 0.0270. The average Bonchev–Trinajstić information content (AvgIpc) is 3.05. The topological polar surface area (TPSA) is 38.3 Å². The largest absolute Gasteiger partial charge is 0.465 e. The van der Waals surface area contributed by atoms with Crippen LogP contribution in [0.2, 0.25) is 0 Å². The van der Waals surface area contributed by atoms with Gasteiger partial charge >= 0.3 is 5.97 Å². The fraction of sp³-hybridized carbons (Fsp3) is 0.917. The second-order valence-electron chi connectivity index (χ2n) is 4.25. The fourth-order valence-electron chi connectivity index (χ4n) is 1.44. The van der Waals surface area contributed by atoms with E-state index in [-0.39, 0.29) is 11.9 Å². The number of hydrogen-bond donors (Lipinski definition) is 1. The van der Waals surface area contributed by atoms with Crippen molar-refractivity contribution < 1.29 is 9.53 Å². The molecule has 1 N–H and O–H groups in total. The molecule has 0 spiro atoms. The highest BCUT2D eigenvalue weighted by Gasteiger charge is 2.30. The van der Waals surface area contributed by atoms with Gasteiger partial charge in [-0.3, -0.25) is 4.79 Å². The van der Waals surface area contributed by atoms with E-state index in [1.54, 1.807) is 0 Å². The summed E-state index contributed by atoms with van der Waals surface area (Å²) < 4.78 is 5.13. The van der Waals surface area contributed by atoms with Crippen LogP contribution in [-0.2, 0) is 9.53 Å². The summed E-state index contributed by atoms with van der Waals surface area (Å²) in [6, 6.07) is 0. The smallest absolute Gasteiger partial charge is 0.308 e. The first kappa shape index (κ1) is 12.5. The molecule has 0 saturated heterocycles. The third kappa shape index (κ3) is 6.50. The van der Waals surface area contributed by atoms with Gasteiger partial charge in [0.05, 0.1) is 12.5 Å². The molecule has 1 rings (SSSR count). The molecule has 0 aromatic rings.